The van der Waals surface area contributed by atoms with Crippen molar-refractivity contribution in [3.8, 4) is 0 Å². The molecule has 0 spiro atoms. The number of benzene rings is 1. The van der Waals surface area contributed by atoms with Gasteiger partial charge in [-0.2, -0.15) is 0 Å². The Morgan fingerprint density at radius 3 is 2.23 bits per heavy atom. The van der Waals surface area contributed by atoms with E-state index in [1.807, 2.05) is 26.0 Å². The molecule has 1 N–H and O–H groups in total. The standard InChI is InChI=1S/C22H29NO3/c1-14-3-4-19(5-15(14)2)21(25)26-12-20(24)23-13-22-9-16-6-17(10-22)8-18(7-16)11-22/h3-5,16-18H,6-13H2,1-2H3,(H,23,24). The van der Waals surface area contributed by atoms with Gasteiger partial charge < -0.3 is 10.1 Å². The molecule has 4 fully saturated rings. The zero-order valence-corrected chi connectivity index (χ0v) is 15.8. The van der Waals surface area contributed by atoms with E-state index in [0.717, 1.165) is 35.4 Å². The lowest BCUT2D eigenvalue weighted by Gasteiger charge is -2.56. The Bertz CT molecular complexity index is 689. The minimum atomic E-state index is -0.432. The SMILES string of the molecule is Cc1ccc(C(=O)OCC(=O)NCC23CC4CC(CC(C4)C2)C3)cc1C. The lowest BCUT2D eigenvalue weighted by Crippen LogP contribution is -2.51. The van der Waals surface area contributed by atoms with E-state index >= 15 is 0 Å². The summed E-state index contributed by atoms with van der Waals surface area (Å²) < 4.78 is 5.21. The van der Waals surface area contributed by atoms with Gasteiger partial charge in [-0.25, -0.2) is 4.79 Å². The van der Waals surface area contributed by atoms with Crippen molar-refractivity contribution in [3.63, 3.8) is 0 Å². The van der Waals surface area contributed by atoms with Crippen molar-refractivity contribution < 1.29 is 14.3 Å². The predicted molar refractivity (Wildman–Crippen MR) is 99.8 cm³/mol. The Labute approximate surface area is 155 Å². The summed E-state index contributed by atoms with van der Waals surface area (Å²) >= 11 is 0. The van der Waals surface area contributed by atoms with E-state index < -0.39 is 5.97 Å². The molecule has 0 radical (unpaired) electrons. The molecular weight excluding hydrogens is 326 g/mol. The van der Waals surface area contributed by atoms with Crippen molar-refractivity contribution in [2.75, 3.05) is 13.2 Å². The molecule has 0 saturated heterocycles. The lowest BCUT2D eigenvalue weighted by molar-refractivity contribution is -0.126. The van der Waals surface area contributed by atoms with Crippen LogP contribution in [0.5, 0.6) is 0 Å². The minimum Gasteiger partial charge on any atom is -0.452 e. The molecule has 1 aromatic carbocycles. The van der Waals surface area contributed by atoms with Crippen LogP contribution in [0.15, 0.2) is 18.2 Å². The van der Waals surface area contributed by atoms with E-state index in [2.05, 4.69) is 5.32 Å². The van der Waals surface area contributed by atoms with Crippen LogP contribution in [-0.4, -0.2) is 25.0 Å². The molecule has 4 saturated carbocycles. The third-order valence-electron chi connectivity index (χ3n) is 6.90. The minimum absolute atomic E-state index is 0.182. The van der Waals surface area contributed by atoms with Crippen LogP contribution < -0.4 is 5.32 Å². The van der Waals surface area contributed by atoms with E-state index in [0.29, 0.717) is 11.0 Å². The van der Waals surface area contributed by atoms with E-state index in [4.69, 9.17) is 4.74 Å². The highest BCUT2D eigenvalue weighted by molar-refractivity contribution is 5.91. The normalized spacial score (nSPS) is 31.7. The highest BCUT2D eigenvalue weighted by Gasteiger charge is 2.50. The number of hydrogen-bond donors (Lipinski definition) is 1. The molecule has 4 bridgehead atoms. The van der Waals surface area contributed by atoms with Crippen LogP contribution in [0.3, 0.4) is 0 Å². The summed E-state index contributed by atoms with van der Waals surface area (Å²) in [6.45, 7) is 4.52. The molecule has 1 aromatic rings. The maximum absolute atomic E-state index is 12.2. The molecule has 26 heavy (non-hydrogen) atoms. The van der Waals surface area contributed by atoms with Crippen LogP contribution in [0.25, 0.3) is 0 Å². The van der Waals surface area contributed by atoms with Gasteiger partial charge in [-0.1, -0.05) is 6.07 Å². The van der Waals surface area contributed by atoms with Gasteiger partial charge in [0.25, 0.3) is 5.91 Å². The number of aryl methyl sites for hydroxylation is 2. The fourth-order valence-electron chi connectivity index (χ4n) is 5.93. The largest absolute Gasteiger partial charge is 0.452 e. The first-order valence-corrected chi connectivity index (χ1v) is 9.93. The summed E-state index contributed by atoms with van der Waals surface area (Å²) in [6.07, 6.45) is 8.01. The van der Waals surface area contributed by atoms with E-state index in [1.54, 1.807) is 6.07 Å². The van der Waals surface area contributed by atoms with Gasteiger partial charge >= 0.3 is 5.97 Å². The molecule has 4 aliphatic rings. The molecule has 5 rings (SSSR count). The van der Waals surface area contributed by atoms with E-state index in [9.17, 15) is 9.59 Å². The number of hydrogen-bond acceptors (Lipinski definition) is 3. The summed E-state index contributed by atoms with van der Waals surface area (Å²) in [7, 11) is 0. The average Bonchev–Trinajstić information content (AvgIpc) is 2.59. The molecule has 4 aliphatic carbocycles. The number of carbonyl (C=O) groups is 2. The number of ether oxygens (including phenoxy) is 1. The lowest BCUT2D eigenvalue weighted by atomic mass is 9.49. The third-order valence-corrected chi connectivity index (χ3v) is 6.90. The molecule has 0 unspecified atom stereocenters. The molecule has 140 valence electrons. The van der Waals surface area contributed by atoms with Crippen LogP contribution in [0.1, 0.15) is 60.0 Å². The Morgan fingerprint density at radius 2 is 1.65 bits per heavy atom. The van der Waals surface area contributed by atoms with Crippen molar-refractivity contribution in [1.29, 1.82) is 0 Å². The van der Waals surface area contributed by atoms with Gasteiger partial charge in [-0.15, -0.1) is 0 Å². The third kappa shape index (κ3) is 3.51. The number of carbonyl (C=O) groups excluding carboxylic acids is 2. The van der Waals surface area contributed by atoms with Crippen LogP contribution in [0.4, 0.5) is 0 Å². The summed E-state index contributed by atoms with van der Waals surface area (Å²) in [5.41, 5.74) is 2.99. The van der Waals surface area contributed by atoms with Gasteiger partial charge in [-0.3, -0.25) is 4.79 Å². The molecule has 0 heterocycles. The molecule has 4 nitrogen and oxygen atoms in total. The van der Waals surface area contributed by atoms with Gasteiger partial charge in [0.15, 0.2) is 6.61 Å². The number of esters is 1. The molecule has 0 atom stereocenters. The van der Waals surface area contributed by atoms with Crippen LogP contribution >= 0.6 is 0 Å². The quantitative estimate of drug-likeness (QED) is 0.818. The first kappa shape index (κ1) is 17.6. The fraction of sp³-hybridized carbons (Fsp3) is 0.636. The second-order valence-corrected chi connectivity index (χ2v) is 9.07. The van der Waals surface area contributed by atoms with Crippen molar-refractivity contribution in [2.45, 2.75) is 52.4 Å². The topological polar surface area (TPSA) is 55.4 Å². The number of amides is 1. The van der Waals surface area contributed by atoms with Gasteiger partial charge in [0, 0.05) is 6.54 Å². The van der Waals surface area contributed by atoms with Crippen LogP contribution in [0.2, 0.25) is 0 Å². The maximum Gasteiger partial charge on any atom is 0.338 e. The number of nitrogens with one attached hydrogen (secondary N) is 1. The number of rotatable bonds is 5. The second-order valence-electron chi connectivity index (χ2n) is 9.07. The van der Waals surface area contributed by atoms with Crippen LogP contribution in [0, 0.1) is 37.0 Å². The zero-order valence-electron chi connectivity index (χ0n) is 15.8. The Hall–Kier alpha value is -1.84. The summed E-state index contributed by atoms with van der Waals surface area (Å²) in [4.78, 5) is 24.3. The van der Waals surface area contributed by atoms with Crippen LogP contribution in [-0.2, 0) is 9.53 Å². The fourth-order valence-corrected chi connectivity index (χ4v) is 5.93. The molecule has 4 heteroatoms. The molecule has 0 aromatic heterocycles. The highest BCUT2D eigenvalue weighted by atomic mass is 16.5. The first-order chi connectivity index (χ1) is 12.4. The zero-order chi connectivity index (χ0) is 18.3. The highest BCUT2D eigenvalue weighted by Crippen LogP contribution is 2.59. The van der Waals surface area contributed by atoms with Gasteiger partial charge in [-0.05, 0) is 98.8 Å². The van der Waals surface area contributed by atoms with Crippen molar-refractivity contribution in [3.05, 3.63) is 34.9 Å². The van der Waals surface area contributed by atoms with Gasteiger partial charge in [0.2, 0.25) is 0 Å². The Morgan fingerprint density at radius 1 is 1.04 bits per heavy atom. The average molecular weight is 355 g/mol. The Kier molecular flexibility index (Phi) is 4.54. The second kappa shape index (κ2) is 6.71. The summed E-state index contributed by atoms with van der Waals surface area (Å²) in [6, 6.07) is 5.46. The summed E-state index contributed by atoms with van der Waals surface area (Å²) in [5.74, 6) is 2.01. The maximum atomic E-state index is 12.2. The monoisotopic (exact) mass is 355 g/mol. The van der Waals surface area contributed by atoms with Gasteiger partial charge in [0.1, 0.15) is 0 Å². The Balaban J connectivity index is 1.27. The van der Waals surface area contributed by atoms with Crippen molar-refractivity contribution in [1.82, 2.24) is 5.32 Å². The summed E-state index contributed by atoms with van der Waals surface area (Å²) in [5, 5.41) is 3.05. The molecular formula is C22H29NO3. The van der Waals surface area contributed by atoms with E-state index in [1.165, 1.54) is 38.5 Å². The smallest absolute Gasteiger partial charge is 0.338 e. The van der Waals surface area contributed by atoms with Crippen molar-refractivity contribution >= 4 is 11.9 Å². The van der Waals surface area contributed by atoms with Gasteiger partial charge in [0.05, 0.1) is 5.56 Å². The molecule has 0 aliphatic heterocycles. The van der Waals surface area contributed by atoms with E-state index in [-0.39, 0.29) is 12.5 Å². The first-order valence-electron chi connectivity index (χ1n) is 9.93. The van der Waals surface area contributed by atoms with Crippen molar-refractivity contribution in [2.24, 2.45) is 23.2 Å². The molecule has 1 amide bonds. The predicted octanol–water partition coefficient (Wildman–Crippen LogP) is 3.79.